The molecule has 0 amide bonds. The Labute approximate surface area is 91.7 Å². The quantitative estimate of drug-likeness (QED) is 0.802. The van der Waals surface area contributed by atoms with Crippen LogP contribution in [0.5, 0.6) is 0 Å². The number of imidazole rings is 1. The molecule has 2 N–H and O–H groups in total. The second-order valence-corrected chi connectivity index (χ2v) is 5.01. The van der Waals surface area contributed by atoms with Crippen molar-refractivity contribution in [3.63, 3.8) is 0 Å². The maximum Gasteiger partial charge on any atom is 0.0945 e. The maximum absolute atomic E-state index is 6.03. The van der Waals surface area contributed by atoms with Crippen LogP contribution in [0.2, 0.25) is 0 Å². The largest absolute Gasteiger partial charge is 0.338 e. The van der Waals surface area contributed by atoms with Crippen LogP contribution in [-0.2, 0) is 13.5 Å². The number of aromatic nitrogens is 2. The number of nitrogens with zero attached hydrogens (tertiary/aromatic N) is 2. The van der Waals surface area contributed by atoms with Gasteiger partial charge in [-0.15, -0.1) is 0 Å². The summed E-state index contributed by atoms with van der Waals surface area (Å²) in [5.41, 5.74) is 7.37. The van der Waals surface area contributed by atoms with Crippen LogP contribution in [0.1, 0.15) is 31.9 Å². The summed E-state index contributed by atoms with van der Waals surface area (Å²) in [5, 5.41) is 0. The van der Waals surface area contributed by atoms with E-state index >= 15 is 0 Å². The zero-order chi connectivity index (χ0) is 10.8. The molecule has 0 bridgehead atoms. The van der Waals surface area contributed by atoms with Crippen molar-refractivity contribution in [2.24, 2.45) is 24.6 Å². The molecule has 0 aromatic carbocycles. The second kappa shape index (κ2) is 4.35. The number of aryl methyl sites for hydroxylation is 1. The molecule has 1 heterocycles. The van der Waals surface area contributed by atoms with E-state index in [-0.39, 0.29) is 0 Å². The average molecular weight is 207 g/mol. The summed E-state index contributed by atoms with van der Waals surface area (Å²) in [5.74, 6) is 1.55. The van der Waals surface area contributed by atoms with Crippen LogP contribution in [-0.4, -0.2) is 15.6 Å². The Morgan fingerprint density at radius 3 is 3.00 bits per heavy atom. The van der Waals surface area contributed by atoms with Crippen molar-refractivity contribution in [1.82, 2.24) is 9.55 Å². The lowest BCUT2D eigenvalue weighted by Crippen LogP contribution is -2.33. The van der Waals surface area contributed by atoms with Gasteiger partial charge in [0.15, 0.2) is 0 Å². The van der Waals surface area contributed by atoms with E-state index in [9.17, 15) is 0 Å². The first kappa shape index (κ1) is 10.7. The summed E-state index contributed by atoms with van der Waals surface area (Å²) in [6.45, 7) is 2.35. The highest BCUT2D eigenvalue weighted by molar-refractivity contribution is 5.00. The monoisotopic (exact) mass is 207 g/mol. The van der Waals surface area contributed by atoms with Crippen molar-refractivity contribution in [3.05, 3.63) is 18.2 Å². The SMILES string of the molecule is CC1CCC(N)CC1Cc1cncn1C. The van der Waals surface area contributed by atoms with E-state index < -0.39 is 0 Å². The number of nitrogens with two attached hydrogens (primary N) is 1. The van der Waals surface area contributed by atoms with Crippen LogP contribution >= 0.6 is 0 Å². The van der Waals surface area contributed by atoms with Crippen molar-refractivity contribution in [3.8, 4) is 0 Å². The van der Waals surface area contributed by atoms with Crippen LogP contribution in [0.15, 0.2) is 12.5 Å². The summed E-state index contributed by atoms with van der Waals surface area (Å²) in [6, 6.07) is 0.416. The fraction of sp³-hybridized carbons (Fsp3) is 0.750. The Balaban J connectivity index is 2.01. The van der Waals surface area contributed by atoms with Gasteiger partial charge in [-0.1, -0.05) is 6.92 Å². The number of hydrogen-bond acceptors (Lipinski definition) is 2. The smallest absolute Gasteiger partial charge is 0.0945 e. The highest BCUT2D eigenvalue weighted by atomic mass is 15.0. The first-order valence-corrected chi connectivity index (χ1v) is 5.87. The fourth-order valence-electron chi connectivity index (χ4n) is 2.59. The van der Waals surface area contributed by atoms with Gasteiger partial charge in [-0.05, 0) is 37.5 Å². The molecular formula is C12H21N3. The third kappa shape index (κ3) is 2.40. The Bertz CT molecular complexity index is 318. The van der Waals surface area contributed by atoms with Crippen molar-refractivity contribution in [1.29, 1.82) is 0 Å². The van der Waals surface area contributed by atoms with Gasteiger partial charge < -0.3 is 10.3 Å². The first-order chi connectivity index (χ1) is 7.16. The molecule has 3 unspecified atom stereocenters. The van der Waals surface area contributed by atoms with Crippen molar-refractivity contribution < 1.29 is 0 Å². The number of hydrogen-bond donors (Lipinski definition) is 1. The van der Waals surface area contributed by atoms with E-state index in [2.05, 4.69) is 23.5 Å². The summed E-state index contributed by atoms with van der Waals surface area (Å²) >= 11 is 0. The van der Waals surface area contributed by atoms with E-state index in [1.807, 2.05) is 12.5 Å². The third-order valence-electron chi connectivity index (χ3n) is 3.79. The summed E-state index contributed by atoms with van der Waals surface area (Å²) in [6.07, 6.45) is 8.64. The van der Waals surface area contributed by atoms with E-state index in [0.29, 0.717) is 6.04 Å². The van der Waals surface area contributed by atoms with Gasteiger partial charge in [-0.25, -0.2) is 4.98 Å². The van der Waals surface area contributed by atoms with Crippen LogP contribution in [0.25, 0.3) is 0 Å². The first-order valence-electron chi connectivity index (χ1n) is 5.87. The minimum absolute atomic E-state index is 0.416. The highest BCUT2D eigenvalue weighted by Gasteiger charge is 2.26. The van der Waals surface area contributed by atoms with E-state index in [1.165, 1.54) is 25.0 Å². The normalized spacial score (nSPS) is 31.8. The summed E-state index contributed by atoms with van der Waals surface area (Å²) in [7, 11) is 2.07. The molecule has 0 aliphatic heterocycles. The van der Waals surface area contributed by atoms with Gasteiger partial charge in [0.2, 0.25) is 0 Å². The van der Waals surface area contributed by atoms with Gasteiger partial charge in [0.25, 0.3) is 0 Å². The lowest BCUT2D eigenvalue weighted by Gasteiger charge is -2.32. The molecule has 15 heavy (non-hydrogen) atoms. The molecular weight excluding hydrogens is 186 g/mol. The molecule has 0 saturated heterocycles. The summed E-state index contributed by atoms with van der Waals surface area (Å²) < 4.78 is 2.12. The standard InChI is InChI=1S/C12H21N3/c1-9-3-4-11(13)5-10(9)6-12-7-14-8-15(12)2/h7-11H,3-6,13H2,1-2H3. The van der Waals surface area contributed by atoms with Crippen LogP contribution in [0, 0.1) is 11.8 Å². The lowest BCUT2D eigenvalue weighted by molar-refractivity contribution is 0.229. The van der Waals surface area contributed by atoms with Crippen molar-refractivity contribution >= 4 is 0 Å². The molecule has 3 atom stereocenters. The lowest BCUT2D eigenvalue weighted by atomic mass is 9.76. The Hall–Kier alpha value is -0.830. The van der Waals surface area contributed by atoms with E-state index in [0.717, 1.165) is 18.3 Å². The van der Waals surface area contributed by atoms with Gasteiger partial charge in [-0.2, -0.15) is 0 Å². The van der Waals surface area contributed by atoms with Gasteiger partial charge in [0, 0.05) is 25.0 Å². The fourth-order valence-corrected chi connectivity index (χ4v) is 2.59. The van der Waals surface area contributed by atoms with Gasteiger partial charge in [-0.3, -0.25) is 0 Å². The molecule has 1 aliphatic rings. The third-order valence-corrected chi connectivity index (χ3v) is 3.79. The van der Waals surface area contributed by atoms with Gasteiger partial charge in [0.05, 0.1) is 6.33 Å². The Kier molecular flexibility index (Phi) is 3.10. The number of rotatable bonds is 2. The molecule has 0 radical (unpaired) electrons. The van der Waals surface area contributed by atoms with E-state index in [4.69, 9.17) is 5.73 Å². The molecule has 1 aliphatic carbocycles. The highest BCUT2D eigenvalue weighted by Crippen LogP contribution is 2.31. The Morgan fingerprint density at radius 1 is 1.53 bits per heavy atom. The predicted octanol–water partition coefficient (Wildman–Crippen LogP) is 1.73. The predicted molar refractivity (Wildman–Crippen MR) is 61.4 cm³/mol. The minimum Gasteiger partial charge on any atom is -0.338 e. The van der Waals surface area contributed by atoms with Crippen LogP contribution in [0.4, 0.5) is 0 Å². The molecule has 1 saturated carbocycles. The van der Waals surface area contributed by atoms with Gasteiger partial charge in [0.1, 0.15) is 0 Å². The molecule has 2 rings (SSSR count). The zero-order valence-corrected chi connectivity index (χ0v) is 9.69. The van der Waals surface area contributed by atoms with Crippen LogP contribution < -0.4 is 5.73 Å². The van der Waals surface area contributed by atoms with Gasteiger partial charge >= 0.3 is 0 Å². The molecule has 3 nitrogen and oxygen atoms in total. The Morgan fingerprint density at radius 2 is 2.33 bits per heavy atom. The molecule has 1 aromatic heterocycles. The molecule has 0 spiro atoms. The average Bonchev–Trinajstić information content (AvgIpc) is 2.58. The minimum atomic E-state index is 0.416. The zero-order valence-electron chi connectivity index (χ0n) is 9.69. The second-order valence-electron chi connectivity index (χ2n) is 5.01. The molecule has 1 fully saturated rings. The molecule has 84 valence electrons. The topological polar surface area (TPSA) is 43.8 Å². The molecule has 3 heteroatoms. The molecule has 1 aromatic rings. The van der Waals surface area contributed by atoms with Crippen molar-refractivity contribution in [2.75, 3.05) is 0 Å². The maximum atomic E-state index is 6.03. The van der Waals surface area contributed by atoms with Crippen molar-refractivity contribution in [2.45, 2.75) is 38.6 Å². The van der Waals surface area contributed by atoms with Crippen LogP contribution in [0.3, 0.4) is 0 Å². The summed E-state index contributed by atoms with van der Waals surface area (Å²) in [4.78, 5) is 4.16. The van der Waals surface area contributed by atoms with E-state index in [1.54, 1.807) is 0 Å².